The highest BCUT2D eigenvalue weighted by Crippen LogP contribution is 2.15. The predicted molar refractivity (Wildman–Crippen MR) is 256 cm³/mol. The predicted octanol–water partition coefficient (Wildman–Crippen LogP) is 16.7. The number of rotatable bonds is 46. The van der Waals surface area contributed by atoms with Crippen molar-refractivity contribution in [3.63, 3.8) is 0 Å². The molecule has 0 heterocycles. The molecule has 348 valence electrons. The summed E-state index contributed by atoms with van der Waals surface area (Å²) in [6.45, 7) is 6.57. The van der Waals surface area contributed by atoms with Crippen LogP contribution in [0.25, 0.3) is 0 Å². The minimum Gasteiger partial charge on any atom is -0.462 e. The molecule has 0 saturated carbocycles. The lowest BCUT2D eigenvalue weighted by Crippen LogP contribution is -2.30. The Morgan fingerprint density at radius 1 is 0.333 bits per heavy atom. The highest BCUT2D eigenvalue weighted by molar-refractivity contribution is 5.71. The molecule has 0 saturated heterocycles. The molecule has 0 aromatic rings. The van der Waals surface area contributed by atoms with Crippen molar-refractivity contribution in [3.05, 3.63) is 48.6 Å². The molecular formula is C54H96O6. The Hall–Kier alpha value is -2.63. The monoisotopic (exact) mass is 841 g/mol. The summed E-state index contributed by atoms with van der Waals surface area (Å²) in [6.07, 6.45) is 58.0. The Kier molecular flexibility index (Phi) is 46.9. The van der Waals surface area contributed by atoms with Gasteiger partial charge in [-0.15, -0.1) is 0 Å². The van der Waals surface area contributed by atoms with E-state index in [1.807, 2.05) is 0 Å². The summed E-state index contributed by atoms with van der Waals surface area (Å²) in [6, 6.07) is 0. The van der Waals surface area contributed by atoms with Gasteiger partial charge < -0.3 is 14.2 Å². The summed E-state index contributed by atoms with van der Waals surface area (Å²) in [5, 5.41) is 0. The highest BCUT2D eigenvalue weighted by atomic mass is 16.6. The molecule has 0 bridgehead atoms. The molecule has 0 aliphatic carbocycles. The summed E-state index contributed by atoms with van der Waals surface area (Å²) in [5.41, 5.74) is 0. The van der Waals surface area contributed by atoms with E-state index in [0.29, 0.717) is 19.3 Å². The van der Waals surface area contributed by atoms with Crippen molar-refractivity contribution >= 4 is 17.9 Å². The molecule has 0 radical (unpaired) electrons. The van der Waals surface area contributed by atoms with Crippen LogP contribution in [0.3, 0.4) is 0 Å². The molecule has 0 aromatic heterocycles. The van der Waals surface area contributed by atoms with Crippen LogP contribution in [-0.4, -0.2) is 37.2 Å². The maximum absolute atomic E-state index is 12.8. The zero-order chi connectivity index (χ0) is 43.7. The number of carbonyl (C=O) groups is 3. The van der Waals surface area contributed by atoms with E-state index in [4.69, 9.17) is 14.2 Å². The van der Waals surface area contributed by atoms with Gasteiger partial charge in [-0.3, -0.25) is 14.4 Å². The largest absolute Gasteiger partial charge is 0.462 e. The van der Waals surface area contributed by atoms with Crippen LogP contribution in [0.2, 0.25) is 0 Å². The van der Waals surface area contributed by atoms with E-state index in [1.54, 1.807) is 0 Å². The first-order chi connectivity index (χ1) is 29.5. The molecular weight excluding hydrogens is 745 g/mol. The molecule has 60 heavy (non-hydrogen) atoms. The molecule has 0 aliphatic rings. The minimum atomic E-state index is -0.787. The summed E-state index contributed by atoms with van der Waals surface area (Å²) in [5.74, 6) is -0.923. The van der Waals surface area contributed by atoms with Gasteiger partial charge in [0.2, 0.25) is 0 Å². The molecule has 0 fully saturated rings. The Balaban J connectivity index is 4.43. The summed E-state index contributed by atoms with van der Waals surface area (Å²) in [4.78, 5) is 37.9. The third-order valence-corrected chi connectivity index (χ3v) is 11.1. The van der Waals surface area contributed by atoms with Crippen molar-refractivity contribution in [1.29, 1.82) is 0 Å². The van der Waals surface area contributed by atoms with Crippen molar-refractivity contribution in [1.82, 2.24) is 0 Å². The van der Waals surface area contributed by atoms with E-state index in [-0.39, 0.29) is 31.1 Å². The fraction of sp³-hybridized carbons (Fsp3) is 0.796. The van der Waals surface area contributed by atoms with Crippen LogP contribution < -0.4 is 0 Å². The zero-order valence-electron chi connectivity index (χ0n) is 39.7. The molecule has 6 nitrogen and oxygen atoms in total. The maximum Gasteiger partial charge on any atom is 0.306 e. The van der Waals surface area contributed by atoms with E-state index < -0.39 is 6.10 Å². The van der Waals surface area contributed by atoms with Gasteiger partial charge in [0, 0.05) is 19.3 Å². The number of unbranched alkanes of at least 4 members (excludes halogenated alkanes) is 27. The van der Waals surface area contributed by atoms with Crippen molar-refractivity contribution in [3.8, 4) is 0 Å². The first-order valence-corrected chi connectivity index (χ1v) is 25.6. The van der Waals surface area contributed by atoms with Gasteiger partial charge in [0.15, 0.2) is 6.10 Å². The van der Waals surface area contributed by atoms with E-state index in [1.165, 1.54) is 148 Å². The first-order valence-electron chi connectivity index (χ1n) is 25.6. The summed E-state index contributed by atoms with van der Waals surface area (Å²) in [7, 11) is 0. The quantitative estimate of drug-likeness (QED) is 0.0263. The van der Waals surface area contributed by atoms with Crippen LogP contribution in [0, 0.1) is 0 Å². The second-order valence-electron chi connectivity index (χ2n) is 17.1. The second kappa shape index (κ2) is 49.0. The zero-order valence-corrected chi connectivity index (χ0v) is 39.7. The second-order valence-corrected chi connectivity index (χ2v) is 17.1. The number of hydrogen-bond donors (Lipinski definition) is 0. The van der Waals surface area contributed by atoms with E-state index in [9.17, 15) is 14.4 Å². The van der Waals surface area contributed by atoms with Gasteiger partial charge >= 0.3 is 17.9 Å². The standard InChI is InChI=1S/C54H96O6/c1-4-7-10-13-16-19-22-25-27-29-32-35-38-41-44-47-53(56)59-50-51(49-58-52(55)46-43-40-37-34-31-24-21-18-15-12-9-6-3)60-54(57)48-45-42-39-36-33-30-28-26-23-20-17-14-11-8-5-2/h16,19-20,23,25,27,32,35,51H,4-15,17-18,21-22,24,26,28-31,33-34,36-50H2,1-3H3/b19-16-,23-20-,27-25-,35-32-/t51-/m0/s1. The lowest BCUT2D eigenvalue weighted by Gasteiger charge is -2.18. The lowest BCUT2D eigenvalue weighted by molar-refractivity contribution is -0.167. The van der Waals surface area contributed by atoms with Gasteiger partial charge in [0.25, 0.3) is 0 Å². The van der Waals surface area contributed by atoms with Gasteiger partial charge in [-0.25, -0.2) is 0 Å². The van der Waals surface area contributed by atoms with Crippen LogP contribution in [0.15, 0.2) is 48.6 Å². The number of esters is 3. The minimum absolute atomic E-state index is 0.0847. The fourth-order valence-corrected chi connectivity index (χ4v) is 7.15. The smallest absolute Gasteiger partial charge is 0.306 e. The van der Waals surface area contributed by atoms with Crippen molar-refractivity contribution < 1.29 is 28.6 Å². The molecule has 0 rings (SSSR count). The van der Waals surface area contributed by atoms with Gasteiger partial charge in [-0.1, -0.05) is 204 Å². The summed E-state index contributed by atoms with van der Waals surface area (Å²) < 4.78 is 16.8. The third-order valence-electron chi connectivity index (χ3n) is 11.1. The fourth-order valence-electron chi connectivity index (χ4n) is 7.15. The number of ether oxygens (including phenoxy) is 3. The van der Waals surface area contributed by atoms with Crippen LogP contribution in [0.5, 0.6) is 0 Å². The molecule has 0 aliphatic heterocycles. The van der Waals surface area contributed by atoms with Crippen molar-refractivity contribution in [2.75, 3.05) is 13.2 Å². The van der Waals surface area contributed by atoms with Gasteiger partial charge in [-0.05, 0) is 83.5 Å². The molecule has 0 spiro atoms. The van der Waals surface area contributed by atoms with Gasteiger partial charge in [0.05, 0.1) is 0 Å². The molecule has 0 amide bonds. The van der Waals surface area contributed by atoms with Crippen molar-refractivity contribution in [2.45, 2.75) is 264 Å². The molecule has 1 atom stereocenters. The highest BCUT2D eigenvalue weighted by Gasteiger charge is 2.19. The number of carbonyl (C=O) groups excluding carboxylic acids is 3. The van der Waals surface area contributed by atoms with Crippen LogP contribution in [-0.2, 0) is 28.6 Å². The van der Waals surface area contributed by atoms with Gasteiger partial charge in [-0.2, -0.15) is 0 Å². The molecule has 0 N–H and O–H groups in total. The number of hydrogen-bond acceptors (Lipinski definition) is 6. The maximum atomic E-state index is 12.8. The Morgan fingerprint density at radius 3 is 1.03 bits per heavy atom. The average molecular weight is 841 g/mol. The lowest BCUT2D eigenvalue weighted by atomic mass is 10.0. The topological polar surface area (TPSA) is 78.9 Å². The molecule has 0 aromatic carbocycles. The van der Waals surface area contributed by atoms with E-state index in [2.05, 4.69) is 69.4 Å². The SMILES string of the molecule is CCCCC/C=C\C/C=C\C/C=C\CCCCC(=O)OC[C@H](COC(=O)CCCCCCCCCCCCCC)OC(=O)CCCCCCCCC/C=C\CCCCCC. The number of allylic oxidation sites excluding steroid dienone is 8. The van der Waals surface area contributed by atoms with Crippen LogP contribution >= 0.6 is 0 Å². The molecule has 6 heteroatoms. The Morgan fingerprint density at radius 2 is 0.600 bits per heavy atom. The van der Waals surface area contributed by atoms with Crippen molar-refractivity contribution in [2.24, 2.45) is 0 Å². The first kappa shape index (κ1) is 57.4. The average Bonchev–Trinajstić information content (AvgIpc) is 3.24. The Bertz CT molecular complexity index is 1060. The van der Waals surface area contributed by atoms with Crippen LogP contribution in [0.1, 0.15) is 258 Å². The molecule has 0 unspecified atom stereocenters. The Labute approximate surface area is 371 Å². The van der Waals surface area contributed by atoms with Gasteiger partial charge in [0.1, 0.15) is 13.2 Å². The van der Waals surface area contributed by atoms with E-state index in [0.717, 1.165) is 70.6 Å². The third kappa shape index (κ3) is 46.4. The summed E-state index contributed by atoms with van der Waals surface area (Å²) >= 11 is 0. The van der Waals surface area contributed by atoms with Crippen LogP contribution in [0.4, 0.5) is 0 Å². The normalized spacial score (nSPS) is 12.4. The van der Waals surface area contributed by atoms with E-state index >= 15 is 0 Å².